The minimum Gasteiger partial charge on any atom is -0.480 e. The molecule has 0 fully saturated rings. The molecule has 7 heteroatoms. The number of amides is 3. The second-order valence-corrected chi connectivity index (χ2v) is 3.77. The lowest BCUT2D eigenvalue weighted by Crippen LogP contribution is -2.47. The fourth-order valence-electron chi connectivity index (χ4n) is 1.14. The maximum absolute atomic E-state index is 11.6. The van der Waals surface area contributed by atoms with Crippen LogP contribution in [0.2, 0.25) is 0 Å². The third-order valence-electron chi connectivity index (χ3n) is 2.10. The summed E-state index contributed by atoms with van der Waals surface area (Å²) in [5.74, 6) is -1.25. The maximum atomic E-state index is 11.6. The van der Waals surface area contributed by atoms with Crippen molar-refractivity contribution in [3.8, 4) is 0 Å². The second-order valence-electron chi connectivity index (χ2n) is 3.77. The van der Waals surface area contributed by atoms with E-state index in [0.717, 1.165) is 0 Å². The van der Waals surface area contributed by atoms with E-state index in [2.05, 4.69) is 10.6 Å². The smallest absolute Gasteiger partial charge is 0.323 e. The zero-order valence-electron chi connectivity index (χ0n) is 10.3. The van der Waals surface area contributed by atoms with Crippen LogP contribution in [0.25, 0.3) is 0 Å². The third kappa shape index (κ3) is 6.39. The Kier molecular flexibility index (Phi) is 6.69. The van der Waals surface area contributed by atoms with E-state index >= 15 is 0 Å². The summed E-state index contributed by atoms with van der Waals surface area (Å²) in [6, 6.07) is -0.697. The Labute approximate surface area is 100 Å². The summed E-state index contributed by atoms with van der Waals surface area (Å²) >= 11 is 0. The monoisotopic (exact) mass is 245 g/mol. The van der Waals surface area contributed by atoms with Crippen molar-refractivity contribution in [3.63, 3.8) is 0 Å². The number of hydrogen-bond donors (Lipinski definition) is 3. The molecule has 0 saturated carbocycles. The Morgan fingerprint density at radius 2 is 1.88 bits per heavy atom. The molecule has 0 aromatic rings. The molecule has 3 amide bonds. The molecule has 0 saturated heterocycles. The molecule has 17 heavy (non-hydrogen) atoms. The van der Waals surface area contributed by atoms with Gasteiger partial charge in [-0.05, 0) is 13.8 Å². The molecule has 0 radical (unpaired) electrons. The van der Waals surface area contributed by atoms with Gasteiger partial charge in [-0.25, -0.2) is 4.79 Å². The van der Waals surface area contributed by atoms with Gasteiger partial charge in [0.2, 0.25) is 5.91 Å². The summed E-state index contributed by atoms with van der Waals surface area (Å²) < 4.78 is 0. The van der Waals surface area contributed by atoms with Gasteiger partial charge in [0.25, 0.3) is 0 Å². The van der Waals surface area contributed by atoms with Crippen LogP contribution in [0, 0.1) is 0 Å². The Balaban J connectivity index is 4.15. The van der Waals surface area contributed by atoms with Crippen LogP contribution >= 0.6 is 0 Å². The molecule has 0 unspecified atom stereocenters. The van der Waals surface area contributed by atoms with E-state index in [9.17, 15) is 14.4 Å². The highest BCUT2D eigenvalue weighted by Gasteiger charge is 2.19. The first-order chi connectivity index (χ1) is 7.88. The predicted molar refractivity (Wildman–Crippen MR) is 61.6 cm³/mol. The molecule has 7 nitrogen and oxygen atoms in total. The van der Waals surface area contributed by atoms with Crippen molar-refractivity contribution in [1.82, 2.24) is 15.5 Å². The van der Waals surface area contributed by atoms with Gasteiger partial charge in [-0.3, -0.25) is 9.59 Å². The minimum absolute atomic E-state index is 0.168. The Morgan fingerprint density at radius 1 is 1.29 bits per heavy atom. The van der Waals surface area contributed by atoms with Gasteiger partial charge in [-0.15, -0.1) is 0 Å². The Bertz CT molecular complexity index is 291. The third-order valence-corrected chi connectivity index (χ3v) is 2.10. The van der Waals surface area contributed by atoms with E-state index in [0.29, 0.717) is 0 Å². The molecule has 0 aliphatic rings. The van der Waals surface area contributed by atoms with Crippen LogP contribution in [-0.4, -0.2) is 54.1 Å². The van der Waals surface area contributed by atoms with Gasteiger partial charge in [-0.1, -0.05) is 0 Å². The van der Waals surface area contributed by atoms with E-state index in [1.165, 1.54) is 11.9 Å². The van der Waals surface area contributed by atoms with Gasteiger partial charge in [0, 0.05) is 26.1 Å². The van der Waals surface area contributed by atoms with E-state index < -0.39 is 12.0 Å². The molecular weight excluding hydrogens is 226 g/mol. The molecule has 0 spiro atoms. The number of nitrogens with one attached hydrogen (secondary N) is 2. The Morgan fingerprint density at radius 3 is 2.29 bits per heavy atom. The second kappa shape index (κ2) is 7.48. The van der Waals surface area contributed by atoms with Crippen molar-refractivity contribution >= 4 is 17.9 Å². The summed E-state index contributed by atoms with van der Waals surface area (Å²) in [5, 5.41) is 13.6. The van der Waals surface area contributed by atoms with E-state index in [-0.39, 0.29) is 31.5 Å². The SMILES string of the molecule is CNC(=O)CCNC(=O)N(CC(=O)O)C(C)C. The van der Waals surface area contributed by atoms with Crippen LogP contribution in [0.5, 0.6) is 0 Å². The number of nitrogens with zero attached hydrogens (tertiary/aromatic N) is 1. The number of rotatable bonds is 6. The largest absolute Gasteiger partial charge is 0.480 e. The highest BCUT2D eigenvalue weighted by atomic mass is 16.4. The first-order valence-corrected chi connectivity index (χ1v) is 5.35. The van der Waals surface area contributed by atoms with Gasteiger partial charge in [0.05, 0.1) is 0 Å². The minimum atomic E-state index is -1.07. The van der Waals surface area contributed by atoms with Crippen LogP contribution in [-0.2, 0) is 9.59 Å². The summed E-state index contributed by atoms with van der Waals surface area (Å²) in [6.07, 6.45) is 0.168. The van der Waals surface area contributed by atoms with Crippen molar-refractivity contribution in [1.29, 1.82) is 0 Å². The summed E-state index contributed by atoms with van der Waals surface area (Å²) in [4.78, 5) is 34.3. The van der Waals surface area contributed by atoms with Crippen LogP contribution < -0.4 is 10.6 Å². The first kappa shape index (κ1) is 15.2. The molecule has 0 heterocycles. The van der Waals surface area contributed by atoms with Gasteiger partial charge in [-0.2, -0.15) is 0 Å². The van der Waals surface area contributed by atoms with Gasteiger partial charge < -0.3 is 20.6 Å². The van der Waals surface area contributed by atoms with Gasteiger partial charge >= 0.3 is 12.0 Å². The molecule has 0 rings (SSSR count). The fourth-order valence-corrected chi connectivity index (χ4v) is 1.14. The molecule has 0 aromatic carbocycles. The average Bonchev–Trinajstić information content (AvgIpc) is 2.24. The fraction of sp³-hybridized carbons (Fsp3) is 0.700. The highest BCUT2D eigenvalue weighted by molar-refractivity contribution is 5.81. The standard InChI is InChI=1S/C10H19N3O4/c1-7(2)13(6-9(15)16)10(17)12-5-4-8(14)11-3/h7H,4-6H2,1-3H3,(H,11,14)(H,12,17)(H,15,16). The number of carbonyl (C=O) groups is 3. The first-order valence-electron chi connectivity index (χ1n) is 5.35. The zero-order chi connectivity index (χ0) is 13.4. The molecule has 0 atom stereocenters. The predicted octanol–water partition coefficient (Wildman–Crippen LogP) is -0.373. The van der Waals surface area contributed by atoms with E-state index in [1.807, 2.05) is 0 Å². The summed E-state index contributed by atoms with van der Waals surface area (Å²) in [7, 11) is 1.51. The Hall–Kier alpha value is -1.79. The number of carbonyl (C=O) groups excluding carboxylic acids is 2. The summed E-state index contributed by atoms with van der Waals surface area (Å²) in [6.45, 7) is 3.27. The molecule has 0 aliphatic heterocycles. The van der Waals surface area contributed by atoms with Crippen LogP contribution in [0.3, 0.4) is 0 Å². The van der Waals surface area contributed by atoms with Crippen LogP contribution in [0.4, 0.5) is 4.79 Å². The highest BCUT2D eigenvalue weighted by Crippen LogP contribution is 1.98. The molecular formula is C10H19N3O4. The summed E-state index contributed by atoms with van der Waals surface area (Å²) in [5.41, 5.74) is 0. The van der Waals surface area contributed by atoms with Crippen molar-refractivity contribution in [2.45, 2.75) is 26.3 Å². The van der Waals surface area contributed by atoms with Gasteiger partial charge in [0.1, 0.15) is 6.54 Å². The number of aliphatic carboxylic acids is 1. The number of hydrogen-bond acceptors (Lipinski definition) is 3. The van der Waals surface area contributed by atoms with Crippen molar-refractivity contribution in [2.75, 3.05) is 20.1 Å². The number of carboxylic acid groups (broad SMARTS) is 1. The van der Waals surface area contributed by atoms with Crippen molar-refractivity contribution < 1.29 is 19.5 Å². The molecule has 0 bridgehead atoms. The van der Waals surface area contributed by atoms with Crippen LogP contribution in [0.1, 0.15) is 20.3 Å². The van der Waals surface area contributed by atoms with E-state index in [1.54, 1.807) is 13.8 Å². The van der Waals surface area contributed by atoms with E-state index in [4.69, 9.17) is 5.11 Å². The quantitative estimate of drug-likeness (QED) is 0.594. The molecule has 0 aromatic heterocycles. The lowest BCUT2D eigenvalue weighted by Gasteiger charge is -2.24. The normalized spacial score (nSPS) is 9.88. The van der Waals surface area contributed by atoms with Gasteiger partial charge in [0.15, 0.2) is 0 Å². The van der Waals surface area contributed by atoms with Crippen molar-refractivity contribution in [3.05, 3.63) is 0 Å². The van der Waals surface area contributed by atoms with Crippen molar-refractivity contribution in [2.24, 2.45) is 0 Å². The lowest BCUT2D eigenvalue weighted by molar-refractivity contribution is -0.138. The zero-order valence-corrected chi connectivity index (χ0v) is 10.3. The average molecular weight is 245 g/mol. The molecule has 0 aliphatic carbocycles. The number of carboxylic acids is 1. The lowest BCUT2D eigenvalue weighted by atomic mass is 10.3. The topological polar surface area (TPSA) is 98.7 Å². The molecule has 3 N–H and O–H groups in total. The maximum Gasteiger partial charge on any atom is 0.323 e. The molecule has 98 valence electrons. The van der Waals surface area contributed by atoms with Crippen LogP contribution in [0.15, 0.2) is 0 Å². The number of urea groups is 1.